The van der Waals surface area contributed by atoms with Gasteiger partial charge in [0.15, 0.2) is 5.82 Å². The van der Waals surface area contributed by atoms with E-state index in [1.807, 2.05) is 0 Å². The van der Waals surface area contributed by atoms with Crippen LogP contribution in [0.1, 0.15) is 29.2 Å². The lowest BCUT2D eigenvalue weighted by Crippen LogP contribution is -2.27. The van der Waals surface area contributed by atoms with Gasteiger partial charge < -0.3 is 5.11 Å². The molecule has 2 aromatic heterocycles. The number of aromatic nitrogens is 4. The zero-order valence-electron chi connectivity index (χ0n) is 10.3. The molecule has 0 amide bonds. The number of aryl methyl sites for hydroxylation is 1. The fourth-order valence-electron chi connectivity index (χ4n) is 1.47. The Kier molecular flexibility index (Phi) is 3.94. The van der Waals surface area contributed by atoms with Gasteiger partial charge in [0.1, 0.15) is 4.21 Å². The number of hydrogen-bond acceptors (Lipinski definition) is 7. The number of hydrogen-bond donors (Lipinski definition) is 3. The van der Waals surface area contributed by atoms with Crippen LogP contribution in [0.15, 0.2) is 10.3 Å². The third-order valence-corrected chi connectivity index (χ3v) is 5.72. The van der Waals surface area contributed by atoms with Crippen LogP contribution in [0.3, 0.4) is 0 Å². The molecule has 0 saturated heterocycles. The Hall–Kier alpha value is -1.36. The normalized spacial score (nSPS) is 13.6. The van der Waals surface area contributed by atoms with Crippen molar-refractivity contribution in [3.8, 4) is 0 Å². The number of rotatable bonds is 5. The van der Waals surface area contributed by atoms with E-state index in [0.717, 1.165) is 16.9 Å². The minimum atomic E-state index is -3.66. The van der Waals surface area contributed by atoms with Gasteiger partial charge in [0.05, 0.1) is 12.6 Å². The first-order chi connectivity index (χ1) is 8.94. The number of aromatic amines is 1. The van der Waals surface area contributed by atoms with E-state index in [2.05, 4.69) is 25.3 Å². The Labute approximate surface area is 113 Å². The third-order valence-electron chi connectivity index (χ3n) is 2.49. The van der Waals surface area contributed by atoms with Crippen molar-refractivity contribution in [1.82, 2.24) is 25.3 Å². The maximum Gasteiger partial charge on any atom is 0.250 e. The molecule has 0 aromatic carbocycles. The number of nitrogens with zero attached hydrogens (tertiary/aromatic N) is 3. The Balaban J connectivity index is 2.22. The molecule has 8 nitrogen and oxygen atoms in total. The van der Waals surface area contributed by atoms with Gasteiger partial charge in [-0.25, -0.2) is 8.42 Å². The Morgan fingerprint density at radius 2 is 2.32 bits per heavy atom. The minimum absolute atomic E-state index is 0.157. The van der Waals surface area contributed by atoms with Crippen molar-refractivity contribution < 1.29 is 13.5 Å². The molecule has 104 valence electrons. The smallest absolute Gasteiger partial charge is 0.250 e. The summed E-state index contributed by atoms with van der Waals surface area (Å²) in [5.41, 5.74) is 0.750. The van der Waals surface area contributed by atoms with Crippen LogP contribution in [0, 0.1) is 6.92 Å². The maximum atomic E-state index is 12.2. The van der Waals surface area contributed by atoms with Gasteiger partial charge >= 0.3 is 0 Å². The van der Waals surface area contributed by atoms with Gasteiger partial charge in [-0.15, -0.1) is 21.5 Å². The van der Waals surface area contributed by atoms with Crippen LogP contribution >= 0.6 is 11.3 Å². The summed E-state index contributed by atoms with van der Waals surface area (Å²) in [4.78, 5) is 0.632. The van der Waals surface area contributed by atoms with E-state index in [1.165, 1.54) is 6.07 Å². The number of aliphatic hydroxyl groups is 1. The molecular formula is C9H13N5O3S2. The van der Waals surface area contributed by atoms with E-state index in [4.69, 9.17) is 5.11 Å². The molecule has 0 spiro atoms. The summed E-state index contributed by atoms with van der Waals surface area (Å²) in [5, 5.41) is 22.2. The van der Waals surface area contributed by atoms with Gasteiger partial charge in [0, 0.05) is 4.88 Å². The molecule has 2 heterocycles. The SMILES string of the molecule is Cc1cc(S(=O)(=O)NC(C)c2nn[nH]n2)sc1CO. The van der Waals surface area contributed by atoms with Gasteiger partial charge in [0.25, 0.3) is 10.0 Å². The highest BCUT2D eigenvalue weighted by molar-refractivity contribution is 7.91. The molecule has 0 aliphatic rings. The molecule has 0 aliphatic carbocycles. The Bertz CT molecular complexity index is 649. The molecular weight excluding hydrogens is 290 g/mol. The summed E-state index contributed by atoms with van der Waals surface area (Å²) in [5.74, 6) is 0.263. The van der Waals surface area contributed by atoms with Crippen molar-refractivity contribution >= 4 is 21.4 Å². The molecule has 2 aromatic rings. The lowest BCUT2D eigenvalue weighted by molar-refractivity contribution is 0.285. The standard InChI is InChI=1S/C9H13N5O3S2/c1-5-3-8(18-7(5)4-15)19(16,17)12-6(2)9-10-13-14-11-9/h3,6,12,15H,4H2,1-2H3,(H,10,11,13,14). The highest BCUT2D eigenvalue weighted by atomic mass is 32.2. The van der Waals surface area contributed by atoms with Crippen LogP contribution in [0.2, 0.25) is 0 Å². The van der Waals surface area contributed by atoms with Crippen LogP contribution in [0.4, 0.5) is 0 Å². The second kappa shape index (κ2) is 5.33. The molecule has 0 saturated carbocycles. The van der Waals surface area contributed by atoms with E-state index in [0.29, 0.717) is 4.88 Å². The number of sulfonamides is 1. The van der Waals surface area contributed by atoms with Crippen LogP contribution in [-0.2, 0) is 16.6 Å². The van der Waals surface area contributed by atoms with E-state index in [-0.39, 0.29) is 16.6 Å². The number of nitrogens with one attached hydrogen (secondary N) is 2. The molecule has 0 bridgehead atoms. The quantitative estimate of drug-likeness (QED) is 0.720. The molecule has 0 aliphatic heterocycles. The fraction of sp³-hybridized carbons (Fsp3) is 0.444. The molecule has 3 N–H and O–H groups in total. The van der Waals surface area contributed by atoms with Crippen molar-refractivity contribution in [1.29, 1.82) is 0 Å². The molecule has 1 atom stereocenters. The molecule has 0 radical (unpaired) electrons. The van der Waals surface area contributed by atoms with Gasteiger partial charge in [-0.1, -0.05) is 5.21 Å². The van der Waals surface area contributed by atoms with E-state index in [9.17, 15) is 8.42 Å². The van der Waals surface area contributed by atoms with E-state index >= 15 is 0 Å². The van der Waals surface area contributed by atoms with Crippen LogP contribution in [-0.4, -0.2) is 34.1 Å². The zero-order valence-corrected chi connectivity index (χ0v) is 11.9. The van der Waals surface area contributed by atoms with Crippen molar-refractivity contribution in [2.75, 3.05) is 0 Å². The predicted molar refractivity (Wildman–Crippen MR) is 67.9 cm³/mol. The number of aliphatic hydroxyl groups excluding tert-OH is 1. The Morgan fingerprint density at radius 3 is 2.84 bits per heavy atom. The minimum Gasteiger partial charge on any atom is -0.391 e. The number of H-pyrrole nitrogens is 1. The molecule has 0 fully saturated rings. The summed E-state index contributed by atoms with van der Waals surface area (Å²) in [6, 6.07) is 0.935. The molecule has 10 heteroatoms. The van der Waals surface area contributed by atoms with Crippen molar-refractivity contribution in [2.24, 2.45) is 0 Å². The van der Waals surface area contributed by atoms with Gasteiger partial charge in [-0.05, 0) is 25.5 Å². The second-order valence-electron chi connectivity index (χ2n) is 3.94. The monoisotopic (exact) mass is 303 g/mol. The van der Waals surface area contributed by atoms with Gasteiger partial charge in [-0.3, -0.25) is 0 Å². The summed E-state index contributed by atoms with van der Waals surface area (Å²) < 4.78 is 26.9. The Morgan fingerprint density at radius 1 is 1.58 bits per heavy atom. The van der Waals surface area contributed by atoms with E-state index in [1.54, 1.807) is 13.8 Å². The highest BCUT2D eigenvalue weighted by Gasteiger charge is 2.23. The van der Waals surface area contributed by atoms with Crippen LogP contribution < -0.4 is 4.72 Å². The third kappa shape index (κ3) is 2.97. The summed E-state index contributed by atoms with van der Waals surface area (Å²) in [6.07, 6.45) is 0. The maximum absolute atomic E-state index is 12.2. The average molecular weight is 303 g/mol. The van der Waals surface area contributed by atoms with Gasteiger partial charge in [0.2, 0.25) is 0 Å². The average Bonchev–Trinajstić information content (AvgIpc) is 2.96. The molecule has 19 heavy (non-hydrogen) atoms. The summed E-state index contributed by atoms with van der Waals surface area (Å²) in [7, 11) is -3.66. The predicted octanol–water partition coefficient (Wildman–Crippen LogP) is 0.101. The first kappa shape index (κ1) is 14.1. The largest absolute Gasteiger partial charge is 0.391 e. The summed E-state index contributed by atoms with van der Waals surface area (Å²) >= 11 is 1.04. The lowest BCUT2D eigenvalue weighted by atomic mass is 10.3. The van der Waals surface area contributed by atoms with Crippen LogP contribution in [0.25, 0.3) is 0 Å². The molecule has 2 rings (SSSR count). The topological polar surface area (TPSA) is 121 Å². The fourth-order valence-corrected chi connectivity index (χ4v) is 4.14. The zero-order chi connectivity index (χ0) is 14.0. The highest BCUT2D eigenvalue weighted by Crippen LogP contribution is 2.26. The second-order valence-corrected chi connectivity index (χ2v) is 7.02. The van der Waals surface area contributed by atoms with Crippen LogP contribution in [0.5, 0.6) is 0 Å². The van der Waals surface area contributed by atoms with Crippen molar-refractivity contribution in [2.45, 2.75) is 30.7 Å². The van der Waals surface area contributed by atoms with Crippen molar-refractivity contribution in [3.05, 3.63) is 22.3 Å². The first-order valence-corrected chi connectivity index (χ1v) is 7.70. The number of thiophene rings is 1. The summed E-state index contributed by atoms with van der Waals surface area (Å²) in [6.45, 7) is 3.20. The molecule has 1 unspecified atom stereocenters. The van der Waals surface area contributed by atoms with Crippen molar-refractivity contribution in [3.63, 3.8) is 0 Å². The first-order valence-electron chi connectivity index (χ1n) is 5.40. The number of tetrazole rings is 1. The van der Waals surface area contributed by atoms with E-state index < -0.39 is 16.1 Å². The van der Waals surface area contributed by atoms with Gasteiger partial charge in [-0.2, -0.15) is 9.94 Å². The lowest BCUT2D eigenvalue weighted by Gasteiger charge is -2.08.